The fourth-order valence-corrected chi connectivity index (χ4v) is 2.72. The minimum Gasteiger partial charge on any atom is -0.356 e. The molecule has 0 amide bonds. The van der Waals surface area contributed by atoms with Gasteiger partial charge in [0.05, 0.1) is 10.7 Å². The number of rotatable bonds is 5. The summed E-state index contributed by atoms with van der Waals surface area (Å²) in [5.41, 5.74) is 2.17. The molecule has 120 valence electrons. The second-order valence-electron chi connectivity index (χ2n) is 4.55. The lowest BCUT2D eigenvalue weighted by Crippen LogP contribution is -2.37. The van der Waals surface area contributed by atoms with Gasteiger partial charge in [0.15, 0.2) is 5.96 Å². The summed E-state index contributed by atoms with van der Waals surface area (Å²) in [7, 11) is 1.76. The van der Waals surface area contributed by atoms with Gasteiger partial charge in [0.25, 0.3) is 0 Å². The van der Waals surface area contributed by atoms with Gasteiger partial charge in [0.2, 0.25) is 0 Å². The molecule has 0 atom stereocenters. The zero-order valence-corrected chi connectivity index (χ0v) is 16.5. The second-order valence-corrected chi connectivity index (χ2v) is 6.02. The molecule has 0 aliphatic rings. The maximum absolute atomic E-state index is 6.13. The fourth-order valence-electron chi connectivity index (χ4n) is 1.87. The average Bonchev–Trinajstić information content (AvgIpc) is 2.90. The van der Waals surface area contributed by atoms with Gasteiger partial charge in [-0.15, -0.1) is 35.3 Å². The molecular formula is C15H20ClIN4S. The van der Waals surface area contributed by atoms with Crippen LogP contribution in [0.5, 0.6) is 0 Å². The molecule has 7 heteroatoms. The summed E-state index contributed by atoms with van der Waals surface area (Å²) in [6, 6.07) is 7.79. The van der Waals surface area contributed by atoms with Crippen molar-refractivity contribution in [3.63, 3.8) is 0 Å². The molecule has 0 aliphatic heterocycles. The number of halogens is 2. The Morgan fingerprint density at radius 1 is 1.32 bits per heavy atom. The van der Waals surface area contributed by atoms with E-state index < -0.39 is 0 Å². The average molecular weight is 451 g/mol. The minimum absolute atomic E-state index is 0. The number of nitrogens with zero attached hydrogens (tertiary/aromatic N) is 2. The van der Waals surface area contributed by atoms with Crippen LogP contribution in [0.15, 0.2) is 34.6 Å². The van der Waals surface area contributed by atoms with Crippen LogP contribution in [-0.4, -0.2) is 24.5 Å². The zero-order chi connectivity index (χ0) is 15.1. The third-order valence-electron chi connectivity index (χ3n) is 2.97. The van der Waals surface area contributed by atoms with Gasteiger partial charge >= 0.3 is 0 Å². The van der Waals surface area contributed by atoms with E-state index in [4.69, 9.17) is 11.6 Å². The van der Waals surface area contributed by atoms with Crippen molar-refractivity contribution in [3.05, 3.63) is 50.9 Å². The summed E-state index contributed by atoms with van der Waals surface area (Å²) in [5, 5.41) is 10.5. The molecule has 0 spiro atoms. The highest BCUT2D eigenvalue weighted by Gasteiger charge is 2.02. The molecule has 0 unspecified atom stereocenters. The van der Waals surface area contributed by atoms with Crippen molar-refractivity contribution in [2.45, 2.75) is 19.9 Å². The lowest BCUT2D eigenvalue weighted by molar-refractivity contribution is 0.786. The molecular weight excluding hydrogens is 431 g/mol. The Morgan fingerprint density at radius 2 is 2.09 bits per heavy atom. The van der Waals surface area contributed by atoms with Crippen molar-refractivity contribution in [3.8, 4) is 0 Å². The van der Waals surface area contributed by atoms with E-state index in [0.29, 0.717) is 6.54 Å². The third kappa shape index (κ3) is 6.10. The highest BCUT2D eigenvalue weighted by molar-refractivity contribution is 14.0. The van der Waals surface area contributed by atoms with Crippen LogP contribution in [-0.2, 0) is 13.0 Å². The van der Waals surface area contributed by atoms with Gasteiger partial charge in [0, 0.05) is 37.0 Å². The van der Waals surface area contributed by atoms with E-state index in [1.54, 1.807) is 18.4 Å². The molecule has 0 radical (unpaired) electrons. The number of benzene rings is 1. The summed E-state index contributed by atoms with van der Waals surface area (Å²) in [4.78, 5) is 8.64. The standard InChI is InChI=1S/C15H19ClN4S.HI/c1-11-20-13(10-21-11)7-8-18-15(17-2)19-9-12-5-3-4-6-14(12)16;/h3-6,10H,7-9H2,1-2H3,(H2,17,18,19);1H. The summed E-state index contributed by atoms with van der Waals surface area (Å²) in [6.45, 7) is 3.46. The van der Waals surface area contributed by atoms with Crippen LogP contribution in [0.4, 0.5) is 0 Å². The molecule has 0 bridgehead atoms. The van der Waals surface area contributed by atoms with Crippen molar-refractivity contribution >= 4 is 52.9 Å². The SMILES string of the molecule is CN=C(NCCc1csc(C)n1)NCc1ccccc1Cl.I. The number of thiazole rings is 1. The number of hydrogen-bond acceptors (Lipinski definition) is 3. The summed E-state index contributed by atoms with van der Waals surface area (Å²) in [5.74, 6) is 0.766. The summed E-state index contributed by atoms with van der Waals surface area (Å²) in [6.07, 6.45) is 0.886. The van der Waals surface area contributed by atoms with Crippen LogP contribution in [0, 0.1) is 6.92 Å². The van der Waals surface area contributed by atoms with Crippen molar-refractivity contribution in [2.24, 2.45) is 4.99 Å². The minimum atomic E-state index is 0. The molecule has 0 aliphatic carbocycles. The molecule has 0 saturated heterocycles. The van der Waals surface area contributed by atoms with E-state index in [0.717, 1.165) is 40.2 Å². The van der Waals surface area contributed by atoms with Gasteiger partial charge in [-0.3, -0.25) is 4.99 Å². The van der Waals surface area contributed by atoms with Crippen molar-refractivity contribution in [1.29, 1.82) is 0 Å². The molecule has 4 nitrogen and oxygen atoms in total. The van der Waals surface area contributed by atoms with Crippen LogP contribution in [0.3, 0.4) is 0 Å². The topological polar surface area (TPSA) is 49.3 Å². The quantitative estimate of drug-likeness (QED) is 0.415. The second kappa shape index (κ2) is 10.0. The van der Waals surface area contributed by atoms with E-state index in [2.05, 4.69) is 26.0 Å². The van der Waals surface area contributed by atoms with E-state index in [1.807, 2.05) is 31.2 Å². The van der Waals surface area contributed by atoms with Crippen LogP contribution < -0.4 is 10.6 Å². The largest absolute Gasteiger partial charge is 0.356 e. The summed E-state index contributed by atoms with van der Waals surface area (Å²) >= 11 is 7.81. The number of aryl methyl sites for hydroxylation is 1. The van der Waals surface area contributed by atoms with Gasteiger partial charge < -0.3 is 10.6 Å². The van der Waals surface area contributed by atoms with E-state index >= 15 is 0 Å². The number of hydrogen-bond donors (Lipinski definition) is 2. The number of guanidine groups is 1. The number of aliphatic imine (C=N–C) groups is 1. The first-order chi connectivity index (χ1) is 10.2. The van der Waals surface area contributed by atoms with Crippen LogP contribution >= 0.6 is 46.9 Å². The Balaban J connectivity index is 0.00000242. The molecule has 0 fully saturated rings. The first-order valence-corrected chi connectivity index (χ1v) is 8.03. The van der Waals surface area contributed by atoms with Crippen LogP contribution in [0.1, 0.15) is 16.3 Å². The van der Waals surface area contributed by atoms with E-state index in [9.17, 15) is 0 Å². The molecule has 1 heterocycles. The molecule has 2 N–H and O–H groups in total. The smallest absolute Gasteiger partial charge is 0.191 e. The Bertz CT molecular complexity index is 615. The summed E-state index contributed by atoms with van der Waals surface area (Å²) < 4.78 is 0. The van der Waals surface area contributed by atoms with Crippen LogP contribution in [0.2, 0.25) is 5.02 Å². The van der Waals surface area contributed by atoms with Crippen molar-refractivity contribution < 1.29 is 0 Å². The lowest BCUT2D eigenvalue weighted by Gasteiger charge is -2.12. The maximum atomic E-state index is 6.13. The number of nitrogens with one attached hydrogen (secondary N) is 2. The Labute approximate surface area is 157 Å². The van der Waals surface area contributed by atoms with Crippen LogP contribution in [0.25, 0.3) is 0 Å². The van der Waals surface area contributed by atoms with E-state index in [1.165, 1.54) is 0 Å². The fraction of sp³-hybridized carbons (Fsp3) is 0.333. The van der Waals surface area contributed by atoms with Crippen molar-refractivity contribution in [2.75, 3.05) is 13.6 Å². The Hall–Kier alpha value is -0.860. The predicted molar refractivity (Wildman–Crippen MR) is 106 cm³/mol. The van der Waals surface area contributed by atoms with Gasteiger partial charge in [-0.25, -0.2) is 4.98 Å². The normalized spacial score (nSPS) is 11.0. The Morgan fingerprint density at radius 3 is 2.73 bits per heavy atom. The highest BCUT2D eigenvalue weighted by Crippen LogP contribution is 2.14. The van der Waals surface area contributed by atoms with Gasteiger partial charge in [-0.1, -0.05) is 29.8 Å². The first-order valence-electron chi connectivity index (χ1n) is 6.78. The highest BCUT2D eigenvalue weighted by atomic mass is 127. The maximum Gasteiger partial charge on any atom is 0.191 e. The monoisotopic (exact) mass is 450 g/mol. The molecule has 22 heavy (non-hydrogen) atoms. The molecule has 1 aromatic carbocycles. The van der Waals surface area contributed by atoms with Gasteiger partial charge in [0.1, 0.15) is 0 Å². The molecule has 2 rings (SSSR count). The molecule has 2 aromatic rings. The predicted octanol–water partition coefficient (Wildman–Crippen LogP) is 3.63. The van der Waals surface area contributed by atoms with E-state index in [-0.39, 0.29) is 24.0 Å². The first kappa shape index (κ1) is 19.2. The van der Waals surface area contributed by atoms with Gasteiger partial charge in [-0.05, 0) is 18.6 Å². The van der Waals surface area contributed by atoms with Crippen molar-refractivity contribution in [1.82, 2.24) is 15.6 Å². The molecule has 1 aromatic heterocycles. The third-order valence-corrected chi connectivity index (χ3v) is 4.16. The Kier molecular flexibility index (Phi) is 8.74. The molecule has 0 saturated carbocycles. The van der Waals surface area contributed by atoms with Gasteiger partial charge in [-0.2, -0.15) is 0 Å². The zero-order valence-electron chi connectivity index (χ0n) is 12.6. The lowest BCUT2D eigenvalue weighted by atomic mass is 10.2. The number of aromatic nitrogens is 1.